The fraction of sp³-hybridized carbons (Fsp3) is 0.333. The lowest BCUT2D eigenvalue weighted by Gasteiger charge is -2.08. The summed E-state index contributed by atoms with van der Waals surface area (Å²) in [5.41, 5.74) is -0.131. The molecule has 16 heavy (non-hydrogen) atoms. The smallest absolute Gasteiger partial charge is 0.313 e. The highest BCUT2D eigenvalue weighted by Gasteiger charge is 2.19. The third-order valence-electron chi connectivity index (χ3n) is 1.71. The second-order valence-electron chi connectivity index (χ2n) is 2.88. The molecule has 88 valence electrons. The zero-order chi connectivity index (χ0) is 12.1. The molecular weight excluding hydrogens is 365 g/mol. The molecule has 0 atom stereocenters. The first-order valence-corrected chi connectivity index (χ1v) is 6.67. The Hall–Kier alpha value is -0.330. The molecule has 0 N–H and O–H groups in total. The van der Waals surface area contributed by atoms with Crippen LogP contribution in [0.15, 0.2) is 16.6 Å². The molecule has 1 aromatic rings. The summed E-state index contributed by atoms with van der Waals surface area (Å²) >= 11 is 12.2. The van der Waals surface area contributed by atoms with Gasteiger partial charge in [-0.25, -0.2) is 0 Å². The average molecular weight is 373 g/mol. The van der Waals surface area contributed by atoms with Crippen molar-refractivity contribution in [2.24, 2.45) is 0 Å². The molecule has 4 nitrogen and oxygen atoms in total. The monoisotopic (exact) mass is 371 g/mol. The fourth-order valence-corrected chi connectivity index (χ4v) is 2.19. The number of alkyl halides is 1. The van der Waals surface area contributed by atoms with E-state index in [1.54, 1.807) is 6.07 Å². The van der Waals surface area contributed by atoms with Crippen molar-refractivity contribution in [3.8, 4) is 5.75 Å². The van der Waals surface area contributed by atoms with Gasteiger partial charge in [-0.2, -0.15) is 0 Å². The van der Waals surface area contributed by atoms with E-state index in [9.17, 15) is 10.1 Å². The van der Waals surface area contributed by atoms with Crippen LogP contribution in [0.2, 0.25) is 5.02 Å². The fourth-order valence-electron chi connectivity index (χ4n) is 1.05. The Labute approximate surface area is 114 Å². The molecule has 0 radical (unpaired) electrons. The van der Waals surface area contributed by atoms with Crippen LogP contribution in [0.25, 0.3) is 0 Å². The normalized spacial score (nSPS) is 10.2. The second-order valence-corrected chi connectivity index (χ2v) is 4.97. The standard InChI is InChI=1S/C9H8Br2ClNO3/c10-2-1-3-16-9-7(11)4-6(12)5-8(9)13(14)15/h4-5H,1-3H2. The first-order chi connectivity index (χ1) is 7.56. The molecule has 0 aliphatic heterocycles. The number of hydrogen-bond donors (Lipinski definition) is 0. The second kappa shape index (κ2) is 6.42. The Bertz CT molecular complexity index is 401. The summed E-state index contributed by atoms with van der Waals surface area (Å²) in [6, 6.07) is 2.84. The van der Waals surface area contributed by atoms with Crippen LogP contribution in [0, 0.1) is 10.1 Å². The molecule has 0 saturated carbocycles. The summed E-state index contributed by atoms with van der Waals surface area (Å²) in [4.78, 5) is 10.3. The Kier molecular flexibility index (Phi) is 5.51. The SMILES string of the molecule is O=[N+]([O-])c1cc(Cl)cc(Br)c1OCCCBr. The number of nitro benzene ring substituents is 1. The van der Waals surface area contributed by atoms with E-state index in [1.807, 2.05) is 0 Å². The van der Waals surface area contributed by atoms with Gasteiger partial charge < -0.3 is 4.74 Å². The number of rotatable bonds is 5. The molecule has 0 bridgehead atoms. The van der Waals surface area contributed by atoms with Gasteiger partial charge in [-0.15, -0.1) is 0 Å². The lowest BCUT2D eigenvalue weighted by molar-refractivity contribution is -0.385. The third kappa shape index (κ3) is 3.61. The van der Waals surface area contributed by atoms with Gasteiger partial charge in [-0.05, 0) is 28.4 Å². The molecule has 0 unspecified atom stereocenters. The lowest BCUT2D eigenvalue weighted by Crippen LogP contribution is -2.01. The van der Waals surface area contributed by atoms with Gasteiger partial charge in [-0.3, -0.25) is 10.1 Å². The Balaban J connectivity index is 2.99. The number of benzene rings is 1. The molecular formula is C9H8Br2ClNO3. The number of ether oxygens (including phenoxy) is 1. The van der Waals surface area contributed by atoms with Crippen molar-refractivity contribution < 1.29 is 9.66 Å². The van der Waals surface area contributed by atoms with Crippen LogP contribution in [0.4, 0.5) is 5.69 Å². The average Bonchev–Trinajstić information content (AvgIpc) is 2.20. The molecule has 1 aromatic carbocycles. The van der Waals surface area contributed by atoms with Crippen molar-refractivity contribution in [2.45, 2.75) is 6.42 Å². The van der Waals surface area contributed by atoms with Crippen molar-refractivity contribution in [1.29, 1.82) is 0 Å². The molecule has 0 heterocycles. The summed E-state index contributed by atoms with van der Waals surface area (Å²) in [6.07, 6.45) is 0.770. The van der Waals surface area contributed by atoms with Gasteiger partial charge >= 0.3 is 5.69 Å². The molecule has 0 fully saturated rings. The molecule has 0 aromatic heterocycles. The van der Waals surface area contributed by atoms with E-state index >= 15 is 0 Å². The van der Waals surface area contributed by atoms with Crippen LogP contribution >= 0.6 is 43.5 Å². The van der Waals surface area contributed by atoms with E-state index in [1.165, 1.54) is 6.07 Å². The van der Waals surface area contributed by atoms with E-state index in [0.29, 0.717) is 16.1 Å². The maximum absolute atomic E-state index is 10.8. The van der Waals surface area contributed by atoms with Gasteiger partial charge in [0.1, 0.15) is 0 Å². The van der Waals surface area contributed by atoms with Gasteiger partial charge in [0.15, 0.2) is 0 Å². The highest BCUT2D eigenvalue weighted by Crippen LogP contribution is 2.37. The Morgan fingerprint density at radius 1 is 1.50 bits per heavy atom. The van der Waals surface area contributed by atoms with Crippen molar-refractivity contribution in [2.75, 3.05) is 11.9 Å². The summed E-state index contributed by atoms with van der Waals surface area (Å²) < 4.78 is 5.83. The molecule has 0 aliphatic rings. The first kappa shape index (κ1) is 13.7. The maximum Gasteiger partial charge on any atom is 0.313 e. The maximum atomic E-state index is 10.8. The molecule has 0 spiro atoms. The minimum Gasteiger partial charge on any atom is -0.486 e. The van der Waals surface area contributed by atoms with Crippen LogP contribution in [-0.4, -0.2) is 16.9 Å². The van der Waals surface area contributed by atoms with E-state index < -0.39 is 4.92 Å². The van der Waals surface area contributed by atoms with Gasteiger partial charge in [0.25, 0.3) is 0 Å². The summed E-state index contributed by atoms with van der Waals surface area (Å²) in [7, 11) is 0. The van der Waals surface area contributed by atoms with Crippen molar-refractivity contribution in [3.63, 3.8) is 0 Å². The van der Waals surface area contributed by atoms with Crippen LogP contribution in [0.3, 0.4) is 0 Å². The van der Waals surface area contributed by atoms with Crippen LogP contribution in [0.1, 0.15) is 6.42 Å². The predicted octanol–water partition coefficient (Wildman–Crippen LogP) is 4.17. The molecule has 0 saturated heterocycles. The Morgan fingerprint density at radius 2 is 2.19 bits per heavy atom. The number of nitro groups is 1. The van der Waals surface area contributed by atoms with E-state index in [-0.39, 0.29) is 11.4 Å². The van der Waals surface area contributed by atoms with Gasteiger partial charge in [0.2, 0.25) is 5.75 Å². The lowest BCUT2D eigenvalue weighted by atomic mass is 10.3. The minimum absolute atomic E-state index is 0.131. The minimum atomic E-state index is -0.514. The van der Waals surface area contributed by atoms with Crippen LogP contribution in [-0.2, 0) is 0 Å². The molecule has 0 amide bonds. The Morgan fingerprint density at radius 3 is 2.75 bits per heavy atom. The predicted molar refractivity (Wildman–Crippen MR) is 69.7 cm³/mol. The van der Waals surface area contributed by atoms with Gasteiger partial charge in [-0.1, -0.05) is 27.5 Å². The number of halogens is 3. The number of nitrogens with zero attached hydrogens (tertiary/aromatic N) is 1. The highest BCUT2D eigenvalue weighted by molar-refractivity contribution is 9.10. The third-order valence-corrected chi connectivity index (χ3v) is 3.08. The van der Waals surface area contributed by atoms with Crippen molar-refractivity contribution in [1.82, 2.24) is 0 Å². The van der Waals surface area contributed by atoms with Crippen LogP contribution in [0.5, 0.6) is 5.75 Å². The zero-order valence-corrected chi connectivity index (χ0v) is 12.0. The quantitative estimate of drug-likeness (QED) is 0.337. The van der Waals surface area contributed by atoms with E-state index in [2.05, 4.69) is 31.9 Å². The number of hydrogen-bond acceptors (Lipinski definition) is 3. The largest absolute Gasteiger partial charge is 0.486 e. The van der Waals surface area contributed by atoms with Crippen LogP contribution < -0.4 is 4.74 Å². The molecule has 7 heteroatoms. The van der Waals surface area contributed by atoms with Gasteiger partial charge in [0.05, 0.1) is 16.0 Å². The molecule has 0 aliphatic carbocycles. The van der Waals surface area contributed by atoms with Gasteiger partial charge in [0, 0.05) is 16.4 Å². The van der Waals surface area contributed by atoms with E-state index in [0.717, 1.165) is 11.8 Å². The first-order valence-electron chi connectivity index (χ1n) is 4.38. The summed E-state index contributed by atoms with van der Waals surface area (Å²) in [6.45, 7) is 0.409. The molecule has 1 rings (SSSR count). The van der Waals surface area contributed by atoms with E-state index in [4.69, 9.17) is 16.3 Å². The highest BCUT2D eigenvalue weighted by atomic mass is 79.9. The van der Waals surface area contributed by atoms with Crippen molar-refractivity contribution >= 4 is 49.1 Å². The van der Waals surface area contributed by atoms with Crippen molar-refractivity contribution in [3.05, 3.63) is 31.7 Å². The zero-order valence-electron chi connectivity index (χ0n) is 8.08. The summed E-state index contributed by atoms with van der Waals surface area (Å²) in [5.74, 6) is 0.218. The summed E-state index contributed by atoms with van der Waals surface area (Å²) in [5, 5.41) is 11.9. The topological polar surface area (TPSA) is 52.4 Å².